The third kappa shape index (κ3) is 8.89. The lowest BCUT2D eigenvalue weighted by atomic mass is 9.97. The Bertz CT molecular complexity index is 618. The molecule has 1 aliphatic heterocycles. The number of anilines is 1. The van der Waals surface area contributed by atoms with E-state index in [4.69, 9.17) is 5.73 Å². The van der Waals surface area contributed by atoms with Gasteiger partial charge in [-0.05, 0) is 56.3 Å². The normalized spacial score (nSPS) is 16.2. The Labute approximate surface area is 172 Å². The third-order valence-corrected chi connectivity index (χ3v) is 4.85. The van der Waals surface area contributed by atoms with Gasteiger partial charge in [0.25, 0.3) is 0 Å². The van der Waals surface area contributed by atoms with Crippen molar-refractivity contribution < 1.29 is 14.0 Å². The number of piperidine rings is 1. The lowest BCUT2D eigenvalue weighted by Crippen LogP contribution is -2.44. The van der Waals surface area contributed by atoms with Crippen LogP contribution in [0.5, 0.6) is 0 Å². The summed E-state index contributed by atoms with van der Waals surface area (Å²) < 4.78 is 13.1. The summed E-state index contributed by atoms with van der Waals surface area (Å²) in [6.45, 7) is 2.69. The molecule has 1 fully saturated rings. The highest BCUT2D eigenvalue weighted by atomic mass is 35.5. The molecule has 0 radical (unpaired) electrons. The van der Waals surface area contributed by atoms with E-state index in [0.717, 1.165) is 45.1 Å². The lowest BCUT2D eigenvalue weighted by molar-refractivity contribution is -0.133. The predicted octanol–water partition coefficient (Wildman–Crippen LogP) is 3.52. The molecule has 3 amide bonds. The van der Waals surface area contributed by atoms with Crippen molar-refractivity contribution in [2.24, 2.45) is 11.7 Å². The van der Waals surface area contributed by atoms with E-state index in [1.165, 1.54) is 12.1 Å². The minimum Gasteiger partial charge on any atom is -0.342 e. The highest BCUT2D eigenvalue weighted by Gasteiger charge is 2.23. The fourth-order valence-corrected chi connectivity index (χ4v) is 3.37. The van der Waals surface area contributed by atoms with E-state index < -0.39 is 5.82 Å². The molecular weight excluding hydrogens is 383 g/mol. The van der Waals surface area contributed by atoms with E-state index in [0.29, 0.717) is 31.7 Å². The first-order valence-electron chi connectivity index (χ1n) is 9.86. The Hall–Kier alpha value is -1.86. The van der Waals surface area contributed by atoms with Crippen LogP contribution in [0.25, 0.3) is 0 Å². The van der Waals surface area contributed by atoms with E-state index in [1.54, 1.807) is 12.1 Å². The van der Waals surface area contributed by atoms with E-state index in [1.807, 2.05) is 4.90 Å². The summed E-state index contributed by atoms with van der Waals surface area (Å²) in [7, 11) is 0. The van der Waals surface area contributed by atoms with Gasteiger partial charge in [-0.2, -0.15) is 0 Å². The first kappa shape index (κ1) is 24.2. The zero-order valence-corrected chi connectivity index (χ0v) is 17.1. The maximum atomic E-state index is 13.1. The van der Waals surface area contributed by atoms with Gasteiger partial charge in [-0.1, -0.05) is 18.9 Å². The smallest absolute Gasteiger partial charge is 0.319 e. The predicted molar refractivity (Wildman–Crippen MR) is 112 cm³/mol. The van der Waals surface area contributed by atoms with Gasteiger partial charge in [0.05, 0.1) is 0 Å². The Morgan fingerprint density at radius 2 is 2.00 bits per heavy atom. The number of carbonyl (C=O) groups excluding carboxylic acids is 2. The SMILES string of the molecule is Cl.NCCCCCCC(=O)N1CCCC(CNC(=O)Nc2cccc(F)c2)C1. The number of likely N-dealkylation sites (tertiary alicyclic amines) is 1. The molecule has 6 nitrogen and oxygen atoms in total. The molecule has 0 spiro atoms. The van der Waals surface area contributed by atoms with Gasteiger partial charge in [0.15, 0.2) is 0 Å². The highest BCUT2D eigenvalue weighted by molar-refractivity contribution is 5.89. The molecule has 0 bridgehead atoms. The number of nitrogens with zero attached hydrogens (tertiary/aromatic N) is 1. The van der Waals surface area contributed by atoms with Crippen LogP contribution in [0, 0.1) is 11.7 Å². The van der Waals surface area contributed by atoms with E-state index in [-0.39, 0.29) is 30.3 Å². The number of carbonyl (C=O) groups is 2. The molecule has 28 heavy (non-hydrogen) atoms. The molecule has 0 aliphatic carbocycles. The summed E-state index contributed by atoms with van der Waals surface area (Å²) in [4.78, 5) is 26.2. The number of urea groups is 1. The molecule has 1 unspecified atom stereocenters. The fourth-order valence-electron chi connectivity index (χ4n) is 3.37. The highest BCUT2D eigenvalue weighted by Crippen LogP contribution is 2.18. The monoisotopic (exact) mass is 414 g/mol. The molecule has 1 aromatic rings. The third-order valence-electron chi connectivity index (χ3n) is 4.85. The summed E-state index contributed by atoms with van der Waals surface area (Å²) in [6.07, 6.45) is 6.58. The van der Waals surface area contributed by atoms with E-state index >= 15 is 0 Å². The summed E-state index contributed by atoms with van der Waals surface area (Å²) in [6, 6.07) is 5.43. The molecule has 1 aliphatic rings. The fraction of sp³-hybridized carbons (Fsp3) is 0.600. The van der Waals surface area contributed by atoms with Crippen molar-refractivity contribution in [1.82, 2.24) is 10.2 Å². The molecule has 8 heteroatoms. The zero-order chi connectivity index (χ0) is 19.5. The number of amides is 3. The molecule has 0 saturated carbocycles. The summed E-state index contributed by atoms with van der Waals surface area (Å²) >= 11 is 0. The number of nitrogens with one attached hydrogen (secondary N) is 2. The topological polar surface area (TPSA) is 87.5 Å². The number of benzene rings is 1. The Kier molecular flexibility index (Phi) is 11.5. The van der Waals surface area contributed by atoms with Crippen molar-refractivity contribution >= 4 is 30.0 Å². The van der Waals surface area contributed by atoms with E-state index in [2.05, 4.69) is 10.6 Å². The van der Waals surface area contributed by atoms with Gasteiger partial charge < -0.3 is 21.3 Å². The van der Waals surface area contributed by atoms with Crippen LogP contribution in [0.1, 0.15) is 44.9 Å². The van der Waals surface area contributed by atoms with Gasteiger partial charge in [-0.25, -0.2) is 9.18 Å². The second kappa shape index (κ2) is 13.3. The first-order valence-corrected chi connectivity index (χ1v) is 9.86. The van der Waals surface area contributed by atoms with Gasteiger partial charge in [0.2, 0.25) is 5.91 Å². The Morgan fingerprint density at radius 3 is 2.75 bits per heavy atom. The first-order chi connectivity index (χ1) is 13.1. The minimum absolute atomic E-state index is 0. The molecular formula is C20H32ClFN4O2. The maximum Gasteiger partial charge on any atom is 0.319 e. The van der Waals surface area contributed by atoms with Gasteiger partial charge in [0.1, 0.15) is 5.82 Å². The second-order valence-corrected chi connectivity index (χ2v) is 7.15. The standard InChI is InChI=1S/C20H31FN4O2.ClH/c21-17-8-5-9-18(13-17)24-20(27)23-14-16-7-6-12-25(15-16)19(26)10-3-1-2-4-11-22;/h5,8-9,13,16H,1-4,6-7,10-12,14-15,22H2,(H2,23,24,27);1H. The number of halogens is 2. The second-order valence-electron chi connectivity index (χ2n) is 7.15. The van der Waals surface area contributed by atoms with Crippen molar-refractivity contribution in [3.63, 3.8) is 0 Å². The number of hydrogen-bond acceptors (Lipinski definition) is 3. The van der Waals surface area contributed by atoms with E-state index in [9.17, 15) is 14.0 Å². The summed E-state index contributed by atoms with van der Waals surface area (Å²) in [5.41, 5.74) is 5.89. The van der Waals surface area contributed by atoms with Crippen LogP contribution in [-0.2, 0) is 4.79 Å². The average molecular weight is 415 g/mol. The number of rotatable bonds is 9. The van der Waals surface area contributed by atoms with Crippen LogP contribution in [0.15, 0.2) is 24.3 Å². The van der Waals surface area contributed by atoms with Gasteiger partial charge in [-0.3, -0.25) is 4.79 Å². The maximum absolute atomic E-state index is 13.1. The Balaban J connectivity index is 0.00000392. The minimum atomic E-state index is -0.391. The van der Waals surface area contributed by atoms with Crippen LogP contribution < -0.4 is 16.4 Å². The number of nitrogens with two attached hydrogens (primary N) is 1. The molecule has 1 aromatic carbocycles. The summed E-state index contributed by atoms with van der Waals surface area (Å²) in [5, 5.41) is 5.45. The van der Waals surface area contributed by atoms with Gasteiger partial charge >= 0.3 is 6.03 Å². The van der Waals surface area contributed by atoms with Crippen molar-refractivity contribution in [2.75, 3.05) is 31.5 Å². The van der Waals surface area contributed by atoms with Crippen LogP contribution in [-0.4, -0.2) is 43.0 Å². The number of hydrogen-bond donors (Lipinski definition) is 3. The summed E-state index contributed by atoms with van der Waals surface area (Å²) in [5.74, 6) is 0.0622. The van der Waals surface area contributed by atoms with Crippen molar-refractivity contribution in [2.45, 2.75) is 44.9 Å². The average Bonchev–Trinajstić information content (AvgIpc) is 2.66. The molecule has 2 rings (SSSR count). The van der Waals surface area contributed by atoms with Crippen molar-refractivity contribution in [3.05, 3.63) is 30.1 Å². The zero-order valence-electron chi connectivity index (χ0n) is 16.3. The van der Waals surface area contributed by atoms with Crippen LogP contribution in [0.2, 0.25) is 0 Å². The van der Waals surface area contributed by atoms with Crippen molar-refractivity contribution in [3.8, 4) is 0 Å². The lowest BCUT2D eigenvalue weighted by Gasteiger charge is -2.33. The molecule has 1 heterocycles. The molecule has 1 saturated heterocycles. The van der Waals surface area contributed by atoms with Crippen molar-refractivity contribution in [1.29, 1.82) is 0 Å². The Morgan fingerprint density at radius 1 is 1.21 bits per heavy atom. The largest absolute Gasteiger partial charge is 0.342 e. The molecule has 0 aromatic heterocycles. The molecule has 4 N–H and O–H groups in total. The molecule has 158 valence electrons. The quantitative estimate of drug-likeness (QED) is 0.540. The van der Waals surface area contributed by atoms with Crippen LogP contribution in [0.3, 0.4) is 0 Å². The molecule has 1 atom stereocenters. The van der Waals surface area contributed by atoms with Crippen LogP contribution in [0.4, 0.5) is 14.9 Å². The number of unbranched alkanes of at least 4 members (excludes halogenated alkanes) is 3. The van der Waals surface area contributed by atoms with Gasteiger partial charge in [-0.15, -0.1) is 12.4 Å². The van der Waals surface area contributed by atoms with Crippen LogP contribution >= 0.6 is 12.4 Å². The van der Waals surface area contributed by atoms with Gasteiger partial charge in [0, 0.05) is 31.7 Å².